The molecule has 0 aliphatic heterocycles. The molecule has 2 aromatic rings. The van der Waals surface area contributed by atoms with Gasteiger partial charge in [-0.2, -0.15) is 0 Å². The van der Waals surface area contributed by atoms with Gasteiger partial charge in [0, 0.05) is 16.1 Å². The minimum absolute atomic E-state index is 0.0695. The van der Waals surface area contributed by atoms with Gasteiger partial charge in [0.1, 0.15) is 0 Å². The predicted octanol–water partition coefficient (Wildman–Crippen LogP) is 3.70. The van der Waals surface area contributed by atoms with Crippen LogP contribution in [0.4, 0.5) is 5.69 Å². The lowest BCUT2D eigenvalue weighted by atomic mass is 10.1. The molecule has 28 heavy (non-hydrogen) atoms. The van der Waals surface area contributed by atoms with Gasteiger partial charge in [-0.15, -0.1) is 0 Å². The number of nitrogens with one attached hydrogen (secondary N) is 1. The number of halogens is 2. The highest BCUT2D eigenvalue weighted by atomic mass is 35.5. The highest BCUT2D eigenvalue weighted by Gasteiger charge is 2.17. The van der Waals surface area contributed by atoms with Crippen LogP contribution in [0.3, 0.4) is 0 Å². The standard InChI is InChI=1S/C18H16Cl2N2O6/c1-11(13-7-6-12(19)8-14(13)20)21-17(23)9-28-18(24)10-27-16-5-3-2-4-15(16)22(25)26/h2-8,11H,9-10H2,1H3,(H,21,23). The van der Waals surface area contributed by atoms with Crippen molar-refractivity contribution in [2.24, 2.45) is 0 Å². The summed E-state index contributed by atoms with van der Waals surface area (Å²) in [5.74, 6) is -1.46. The van der Waals surface area contributed by atoms with Gasteiger partial charge in [-0.05, 0) is 30.7 Å². The largest absolute Gasteiger partial charge is 0.475 e. The Labute approximate surface area is 170 Å². The van der Waals surface area contributed by atoms with Gasteiger partial charge in [0.25, 0.3) is 5.91 Å². The highest BCUT2D eigenvalue weighted by Crippen LogP contribution is 2.26. The summed E-state index contributed by atoms with van der Waals surface area (Å²) >= 11 is 11.9. The Morgan fingerprint density at radius 3 is 2.57 bits per heavy atom. The lowest BCUT2D eigenvalue weighted by molar-refractivity contribution is -0.385. The third-order valence-corrected chi connectivity index (χ3v) is 4.14. The number of nitrogens with zero attached hydrogens (tertiary/aromatic N) is 1. The van der Waals surface area contributed by atoms with Crippen LogP contribution in [-0.2, 0) is 14.3 Å². The van der Waals surface area contributed by atoms with Crippen molar-refractivity contribution in [1.82, 2.24) is 5.32 Å². The maximum atomic E-state index is 11.9. The zero-order valence-corrected chi connectivity index (χ0v) is 16.2. The van der Waals surface area contributed by atoms with Gasteiger partial charge in [0.2, 0.25) is 0 Å². The van der Waals surface area contributed by atoms with Crippen molar-refractivity contribution in [3.63, 3.8) is 0 Å². The summed E-state index contributed by atoms with van der Waals surface area (Å²) in [4.78, 5) is 33.9. The van der Waals surface area contributed by atoms with Crippen molar-refractivity contribution in [2.45, 2.75) is 13.0 Å². The van der Waals surface area contributed by atoms with Gasteiger partial charge in [-0.25, -0.2) is 4.79 Å². The van der Waals surface area contributed by atoms with Crippen LogP contribution in [0.25, 0.3) is 0 Å². The van der Waals surface area contributed by atoms with E-state index in [9.17, 15) is 19.7 Å². The quantitative estimate of drug-likeness (QED) is 0.391. The molecule has 10 heteroatoms. The van der Waals surface area contributed by atoms with Crippen molar-refractivity contribution in [1.29, 1.82) is 0 Å². The Balaban J connectivity index is 1.81. The molecule has 8 nitrogen and oxygen atoms in total. The summed E-state index contributed by atoms with van der Waals surface area (Å²) in [6, 6.07) is 10.1. The number of carbonyl (C=O) groups is 2. The normalized spacial score (nSPS) is 11.4. The molecule has 0 aliphatic carbocycles. The lowest BCUT2D eigenvalue weighted by Crippen LogP contribution is -2.32. The first-order valence-electron chi connectivity index (χ1n) is 8.04. The monoisotopic (exact) mass is 426 g/mol. The van der Waals surface area contributed by atoms with E-state index in [-0.39, 0.29) is 11.4 Å². The smallest absolute Gasteiger partial charge is 0.344 e. The molecule has 148 valence electrons. The van der Waals surface area contributed by atoms with Gasteiger partial charge in [0.15, 0.2) is 19.0 Å². The van der Waals surface area contributed by atoms with Crippen molar-refractivity contribution in [3.05, 3.63) is 68.2 Å². The second-order valence-electron chi connectivity index (χ2n) is 5.63. The zero-order chi connectivity index (χ0) is 20.7. The molecule has 2 rings (SSSR count). The minimum Gasteiger partial charge on any atom is -0.475 e. The van der Waals surface area contributed by atoms with E-state index in [0.29, 0.717) is 15.6 Å². The number of nitro benzene ring substituents is 1. The first kappa shape index (κ1) is 21.5. The van der Waals surface area contributed by atoms with Crippen molar-refractivity contribution < 1.29 is 24.0 Å². The van der Waals surface area contributed by atoms with Gasteiger partial charge >= 0.3 is 11.7 Å². The lowest BCUT2D eigenvalue weighted by Gasteiger charge is -2.16. The number of ether oxygens (including phenoxy) is 2. The van der Waals surface area contributed by atoms with Crippen molar-refractivity contribution in [3.8, 4) is 5.75 Å². The average molecular weight is 427 g/mol. The number of nitro groups is 1. The first-order chi connectivity index (χ1) is 13.3. The Hall–Kier alpha value is -2.84. The third-order valence-electron chi connectivity index (χ3n) is 3.58. The van der Waals surface area contributed by atoms with E-state index in [4.69, 9.17) is 32.7 Å². The molecule has 1 N–H and O–H groups in total. The van der Waals surface area contributed by atoms with Gasteiger partial charge in [-0.3, -0.25) is 14.9 Å². The zero-order valence-electron chi connectivity index (χ0n) is 14.7. The molecule has 2 aromatic carbocycles. The van der Waals surface area contributed by atoms with Gasteiger partial charge in [0.05, 0.1) is 11.0 Å². The molecule has 1 unspecified atom stereocenters. The van der Waals surface area contributed by atoms with Gasteiger partial charge < -0.3 is 14.8 Å². The molecule has 1 amide bonds. The maximum Gasteiger partial charge on any atom is 0.344 e. The summed E-state index contributed by atoms with van der Waals surface area (Å²) in [6.45, 7) is 0.609. The van der Waals surface area contributed by atoms with E-state index in [0.717, 1.165) is 0 Å². The molecule has 1 atom stereocenters. The summed E-state index contributed by atoms with van der Waals surface area (Å²) < 4.78 is 9.90. The molecular weight excluding hydrogens is 411 g/mol. The number of rotatable bonds is 8. The fourth-order valence-corrected chi connectivity index (χ4v) is 2.84. The molecule has 0 aliphatic rings. The number of benzene rings is 2. The van der Waals surface area contributed by atoms with E-state index in [1.165, 1.54) is 24.3 Å². The number of carbonyl (C=O) groups excluding carboxylic acids is 2. The van der Waals surface area contributed by atoms with Crippen LogP contribution in [0.15, 0.2) is 42.5 Å². The molecule has 0 bridgehead atoms. The van der Waals surface area contributed by atoms with E-state index in [2.05, 4.69) is 5.32 Å². The van der Waals surface area contributed by atoms with Crippen molar-refractivity contribution >= 4 is 40.8 Å². The fourth-order valence-electron chi connectivity index (χ4n) is 2.27. The second-order valence-corrected chi connectivity index (χ2v) is 6.47. The van der Waals surface area contributed by atoms with E-state index < -0.39 is 36.1 Å². The van der Waals surface area contributed by atoms with Crippen LogP contribution >= 0.6 is 23.2 Å². The second kappa shape index (κ2) is 9.91. The number of amides is 1. The minimum atomic E-state index is -0.842. The number of hydrogen-bond donors (Lipinski definition) is 1. The van der Waals surface area contributed by atoms with Crippen LogP contribution in [0.5, 0.6) is 5.75 Å². The van der Waals surface area contributed by atoms with Crippen LogP contribution < -0.4 is 10.1 Å². The molecular formula is C18H16Cl2N2O6. The fraction of sp³-hybridized carbons (Fsp3) is 0.222. The van der Waals surface area contributed by atoms with Crippen LogP contribution in [0, 0.1) is 10.1 Å². The average Bonchev–Trinajstić information content (AvgIpc) is 2.64. The summed E-state index contributed by atoms with van der Waals surface area (Å²) in [7, 11) is 0. The Morgan fingerprint density at radius 1 is 1.18 bits per heavy atom. The highest BCUT2D eigenvalue weighted by molar-refractivity contribution is 6.35. The Bertz CT molecular complexity index is 890. The molecule has 0 radical (unpaired) electrons. The molecule has 0 fully saturated rings. The summed E-state index contributed by atoms with van der Waals surface area (Å²) in [6.07, 6.45) is 0. The maximum absolute atomic E-state index is 11.9. The number of esters is 1. The van der Waals surface area contributed by atoms with Crippen LogP contribution in [0.1, 0.15) is 18.5 Å². The topological polar surface area (TPSA) is 108 Å². The van der Waals surface area contributed by atoms with Gasteiger partial charge in [-0.1, -0.05) is 41.4 Å². The molecule has 0 saturated carbocycles. The summed E-state index contributed by atoms with van der Waals surface area (Å²) in [5, 5.41) is 14.4. The molecule has 0 saturated heterocycles. The summed E-state index contributed by atoms with van der Waals surface area (Å²) in [5.41, 5.74) is 0.382. The van der Waals surface area contributed by atoms with E-state index in [1.54, 1.807) is 25.1 Å². The molecule has 0 spiro atoms. The SMILES string of the molecule is CC(NC(=O)COC(=O)COc1ccccc1[N+](=O)[O-])c1ccc(Cl)cc1Cl. The van der Waals surface area contributed by atoms with Crippen LogP contribution in [-0.4, -0.2) is 30.0 Å². The number of hydrogen-bond acceptors (Lipinski definition) is 6. The Morgan fingerprint density at radius 2 is 1.89 bits per heavy atom. The van der Waals surface area contributed by atoms with Crippen LogP contribution in [0.2, 0.25) is 10.0 Å². The molecule has 0 aromatic heterocycles. The molecule has 0 heterocycles. The Kier molecular flexibility index (Phi) is 7.60. The third kappa shape index (κ3) is 6.11. The van der Waals surface area contributed by atoms with Crippen molar-refractivity contribution in [2.75, 3.05) is 13.2 Å². The first-order valence-corrected chi connectivity index (χ1v) is 8.79. The van der Waals surface area contributed by atoms with E-state index in [1.807, 2.05) is 0 Å². The number of para-hydroxylation sites is 2. The van der Waals surface area contributed by atoms with E-state index >= 15 is 0 Å². The predicted molar refractivity (Wildman–Crippen MR) is 103 cm³/mol.